The molecule has 0 spiro atoms. The number of methoxy groups -OCH3 is 1. The smallest absolute Gasteiger partial charge is 0.337 e. The molecule has 0 saturated heterocycles. The van der Waals surface area contributed by atoms with Gasteiger partial charge in [0, 0.05) is 0 Å². The van der Waals surface area contributed by atoms with Crippen LogP contribution in [0.2, 0.25) is 0 Å². The lowest BCUT2D eigenvalue weighted by molar-refractivity contribution is 0.0601. The van der Waals surface area contributed by atoms with E-state index in [1.54, 1.807) is 24.3 Å². The van der Waals surface area contributed by atoms with E-state index in [9.17, 15) is 14.9 Å². The van der Waals surface area contributed by atoms with E-state index < -0.39 is 5.97 Å². The number of nitrogens with one attached hydrogen (secondary N) is 1. The van der Waals surface area contributed by atoms with E-state index in [1.165, 1.54) is 7.11 Å². The number of ether oxygens (including phenoxy) is 1. The van der Waals surface area contributed by atoms with Crippen LogP contribution in [-0.4, -0.2) is 18.1 Å². The summed E-state index contributed by atoms with van der Waals surface area (Å²) in [5.41, 5.74) is 3.83. The van der Waals surface area contributed by atoms with Crippen molar-refractivity contribution in [2.45, 2.75) is 25.7 Å². The molecular weight excluding hydrogens is 293 g/mol. The summed E-state index contributed by atoms with van der Waals surface area (Å²) >= 11 is 0. The lowest BCUT2D eigenvalue weighted by atomic mass is 9.90. The van der Waals surface area contributed by atoms with Gasteiger partial charge in [0.05, 0.1) is 18.4 Å². The van der Waals surface area contributed by atoms with Crippen LogP contribution in [0.15, 0.2) is 29.1 Å². The number of aromatic nitrogens is 1. The topological polar surface area (TPSA) is 83.0 Å². The van der Waals surface area contributed by atoms with Crippen LogP contribution in [0, 0.1) is 11.3 Å². The predicted molar refractivity (Wildman–Crippen MR) is 85.2 cm³/mol. The molecule has 0 fully saturated rings. The molecule has 5 heteroatoms. The van der Waals surface area contributed by atoms with Gasteiger partial charge in [-0.3, -0.25) is 4.79 Å². The van der Waals surface area contributed by atoms with E-state index in [-0.39, 0.29) is 11.1 Å². The summed E-state index contributed by atoms with van der Waals surface area (Å²) < 4.78 is 4.69. The van der Waals surface area contributed by atoms with Crippen molar-refractivity contribution in [1.82, 2.24) is 4.98 Å². The molecular formula is C18H16N2O3. The molecule has 0 saturated carbocycles. The highest BCUT2D eigenvalue weighted by Crippen LogP contribution is 2.30. The molecule has 1 aromatic heterocycles. The highest BCUT2D eigenvalue weighted by atomic mass is 16.5. The second-order valence-corrected chi connectivity index (χ2v) is 5.55. The second-order valence-electron chi connectivity index (χ2n) is 5.55. The van der Waals surface area contributed by atoms with Gasteiger partial charge in [0.15, 0.2) is 0 Å². The number of benzene rings is 1. The number of nitrogens with zero attached hydrogens (tertiary/aromatic N) is 1. The standard InChI is InChI=1S/C18H16N2O3/c1-23-18(22)12-8-6-11(7-9-12)16-14-5-3-2-4-13(14)15(10-19)17(21)20-16/h6-9H,2-5H2,1H3,(H,20,21)/i15+1. The molecule has 1 N–H and O–H groups in total. The first-order valence-electron chi connectivity index (χ1n) is 7.52. The Labute approximate surface area is 133 Å². The van der Waals surface area contributed by atoms with Crippen molar-refractivity contribution in [3.8, 4) is 17.3 Å². The summed E-state index contributed by atoms with van der Waals surface area (Å²) in [5.74, 6) is -0.396. The normalized spacial score (nSPS) is 13.0. The third kappa shape index (κ3) is 2.64. The molecule has 5 nitrogen and oxygen atoms in total. The summed E-state index contributed by atoms with van der Waals surface area (Å²) in [6.07, 6.45) is 3.63. The van der Waals surface area contributed by atoms with Crippen molar-refractivity contribution >= 4 is 5.97 Å². The Hall–Kier alpha value is -2.87. The zero-order valence-corrected chi connectivity index (χ0v) is 12.8. The molecule has 0 bridgehead atoms. The van der Waals surface area contributed by atoms with Crippen LogP contribution in [-0.2, 0) is 17.6 Å². The zero-order chi connectivity index (χ0) is 16.4. The van der Waals surface area contributed by atoms with Crippen molar-refractivity contribution in [2.75, 3.05) is 7.11 Å². The van der Waals surface area contributed by atoms with Crippen LogP contribution >= 0.6 is 0 Å². The molecule has 0 radical (unpaired) electrons. The summed E-state index contributed by atoms with van der Waals surface area (Å²) in [6.45, 7) is 0. The maximum Gasteiger partial charge on any atom is 0.337 e. The minimum Gasteiger partial charge on any atom is -0.465 e. The Bertz CT molecular complexity index is 858. The highest BCUT2D eigenvalue weighted by Gasteiger charge is 2.21. The summed E-state index contributed by atoms with van der Waals surface area (Å²) in [4.78, 5) is 26.5. The average Bonchev–Trinajstić information content (AvgIpc) is 2.60. The molecule has 116 valence electrons. The number of carbonyl (C=O) groups is 1. The lowest BCUT2D eigenvalue weighted by Gasteiger charge is -2.20. The number of pyridine rings is 1. The minimum atomic E-state index is -0.396. The van der Waals surface area contributed by atoms with E-state index in [0.29, 0.717) is 5.56 Å². The Morgan fingerprint density at radius 2 is 1.83 bits per heavy atom. The fourth-order valence-corrected chi connectivity index (χ4v) is 3.10. The number of aromatic amines is 1. The first-order valence-corrected chi connectivity index (χ1v) is 7.52. The fraction of sp³-hybridized carbons (Fsp3) is 0.278. The first kappa shape index (κ1) is 15.0. The molecule has 3 rings (SSSR count). The Kier molecular flexibility index (Phi) is 3.98. The predicted octanol–water partition coefficient (Wildman–Crippen LogP) is 2.58. The van der Waals surface area contributed by atoms with Gasteiger partial charge in [-0.1, -0.05) is 12.1 Å². The van der Waals surface area contributed by atoms with Crippen LogP contribution < -0.4 is 5.56 Å². The van der Waals surface area contributed by atoms with Crippen molar-refractivity contribution in [3.05, 3.63) is 56.9 Å². The van der Waals surface area contributed by atoms with Crippen LogP contribution in [0.4, 0.5) is 0 Å². The molecule has 0 aliphatic heterocycles. The van der Waals surface area contributed by atoms with Gasteiger partial charge in [-0.25, -0.2) is 4.79 Å². The molecule has 1 aliphatic carbocycles. The van der Waals surface area contributed by atoms with Crippen LogP contribution in [0.3, 0.4) is 0 Å². The summed E-state index contributed by atoms with van der Waals surface area (Å²) in [5, 5.41) is 9.24. The van der Waals surface area contributed by atoms with Gasteiger partial charge < -0.3 is 9.72 Å². The molecule has 1 aliphatic rings. The molecule has 1 heterocycles. The van der Waals surface area contributed by atoms with Crippen molar-refractivity contribution in [2.24, 2.45) is 0 Å². The van der Waals surface area contributed by atoms with Gasteiger partial charge in [0.25, 0.3) is 5.56 Å². The van der Waals surface area contributed by atoms with Gasteiger partial charge in [-0.05, 0) is 54.5 Å². The zero-order valence-electron chi connectivity index (χ0n) is 12.8. The molecule has 2 aromatic rings. The number of nitriles is 1. The minimum absolute atomic E-state index is 0.231. The Morgan fingerprint density at radius 3 is 2.43 bits per heavy atom. The van der Waals surface area contributed by atoms with Gasteiger partial charge in [0.1, 0.15) is 11.6 Å². The Balaban J connectivity index is 2.14. The largest absolute Gasteiger partial charge is 0.465 e. The lowest BCUT2D eigenvalue weighted by Crippen LogP contribution is -2.20. The number of carbonyl (C=O) groups excluding carboxylic acids is 1. The third-order valence-electron chi connectivity index (χ3n) is 4.24. The molecule has 1 aromatic carbocycles. The molecule has 0 unspecified atom stereocenters. The number of hydrogen-bond acceptors (Lipinski definition) is 4. The van der Waals surface area contributed by atoms with Crippen molar-refractivity contribution in [1.29, 1.82) is 5.26 Å². The first-order chi connectivity index (χ1) is 11.2. The van der Waals surface area contributed by atoms with Gasteiger partial charge in [-0.15, -0.1) is 0 Å². The van der Waals surface area contributed by atoms with E-state index in [0.717, 1.165) is 48.1 Å². The van der Waals surface area contributed by atoms with Crippen LogP contribution in [0.25, 0.3) is 11.3 Å². The quantitative estimate of drug-likeness (QED) is 0.864. The van der Waals surface area contributed by atoms with Crippen molar-refractivity contribution < 1.29 is 9.53 Å². The van der Waals surface area contributed by atoms with Gasteiger partial charge >= 0.3 is 5.97 Å². The monoisotopic (exact) mass is 309 g/mol. The third-order valence-corrected chi connectivity index (χ3v) is 4.24. The number of fused-ring (bicyclic) bond motifs is 1. The van der Waals surface area contributed by atoms with Gasteiger partial charge in [0.2, 0.25) is 0 Å². The van der Waals surface area contributed by atoms with E-state index in [4.69, 9.17) is 0 Å². The maximum atomic E-state index is 12.2. The number of esters is 1. The summed E-state index contributed by atoms with van der Waals surface area (Å²) in [6, 6.07) is 8.96. The van der Waals surface area contributed by atoms with E-state index in [2.05, 4.69) is 9.72 Å². The number of H-pyrrole nitrogens is 1. The molecule has 0 amide bonds. The van der Waals surface area contributed by atoms with Crippen LogP contribution in [0.1, 0.15) is 39.9 Å². The number of hydrogen-bond donors (Lipinski definition) is 1. The number of rotatable bonds is 2. The van der Waals surface area contributed by atoms with E-state index >= 15 is 0 Å². The average molecular weight is 309 g/mol. The molecule has 23 heavy (non-hydrogen) atoms. The maximum absolute atomic E-state index is 12.2. The summed E-state index contributed by atoms with van der Waals surface area (Å²) in [7, 11) is 1.34. The van der Waals surface area contributed by atoms with Gasteiger partial charge in [-0.2, -0.15) is 5.26 Å². The molecule has 0 atom stereocenters. The fourth-order valence-electron chi connectivity index (χ4n) is 3.10. The highest BCUT2D eigenvalue weighted by molar-refractivity contribution is 5.90. The second kappa shape index (κ2) is 6.09. The van der Waals surface area contributed by atoms with Crippen molar-refractivity contribution in [3.63, 3.8) is 0 Å². The Morgan fingerprint density at radius 1 is 1.17 bits per heavy atom. The van der Waals surface area contributed by atoms with E-state index in [1.807, 2.05) is 6.07 Å². The SMILES string of the molecule is COC(=O)c1ccc(-c2[nH]c(=O)[13c](C#N)c3c2CCCC3)cc1. The van der Waals surface area contributed by atoms with Crippen LogP contribution in [0.5, 0.6) is 0 Å².